The molecule has 7 nitrogen and oxygen atoms in total. The van der Waals surface area contributed by atoms with Crippen LogP contribution in [0.15, 0.2) is 53.5 Å². The number of methoxy groups -OCH3 is 3. The molecule has 0 amide bonds. The molecule has 0 atom stereocenters. The Morgan fingerprint density at radius 3 is 2.19 bits per heavy atom. The van der Waals surface area contributed by atoms with Gasteiger partial charge in [-0.1, -0.05) is 42.5 Å². The van der Waals surface area contributed by atoms with Gasteiger partial charge in [-0.05, 0) is 23.3 Å². The Kier molecular flexibility index (Phi) is 8.80. The van der Waals surface area contributed by atoms with Crippen molar-refractivity contribution in [1.82, 2.24) is 15.1 Å². The molecule has 2 aromatic rings. The summed E-state index contributed by atoms with van der Waals surface area (Å²) in [7, 11) is 6.69. The van der Waals surface area contributed by atoms with Crippen LogP contribution in [0.3, 0.4) is 0 Å². The third kappa shape index (κ3) is 6.17. The molecule has 0 aromatic heterocycles. The van der Waals surface area contributed by atoms with Crippen molar-refractivity contribution < 1.29 is 14.2 Å². The summed E-state index contributed by atoms with van der Waals surface area (Å²) in [6.45, 7) is 5.46. The molecular formula is C25H34N4O3. The van der Waals surface area contributed by atoms with Crippen LogP contribution in [0.2, 0.25) is 0 Å². The lowest BCUT2D eigenvalue weighted by molar-refractivity contribution is 0.194. The lowest BCUT2D eigenvalue weighted by Crippen LogP contribution is -2.52. The third-order valence-corrected chi connectivity index (χ3v) is 5.53. The highest BCUT2D eigenvalue weighted by atomic mass is 16.5. The smallest absolute Gasteiger partial charge is 0.203 e. The van der Waals surface area contributed by atoms with Crippen LogP contribution in [0.25, 0.3) is 6.08 Å². The van der Waals surface area contributed by atoms with Gasteiger partial charge in [0, 0.05) is 46.3 Å². The first-order valence-corrected chi connectivity index (χ1v) is 10.9. The van der Waals surface area contributed by atoms with Crippen molar-refractivity contribution in [2.45, 2.75) is 6.54 Å². The molecule has 0 aliphatic carbocycles. The minimum atomic E-state index is 0.598. The maximum atomic E-state index is 5.46. The topological polar surface area (TPSA) is 58.6 Å². The maximum Gasteiger partial charge on any atom is 0.203 e. The van der Waals surface area contributed by atoms with E-state index in [2.05, 4.69) is 56.5 Å². The number of aliphatic imine (C=N–C) groups is 1. The molecule has 3 rings (SSSR count). The van der Waals surface area contributed by atoms with Crippen LogP contribution in [0.5, 0.6) is 17.2 Å². The first kappa shape index (κ1) is 23.5. The highest BCUT2D eigenvalue weighted by Crippen LogP contribution is 2.38. The Morgan fingerprint density at radius 1 is 0.969 bits per heavy atom. The normalized spacial score (nSPS) is 15.1. The minimum absolute atomic E-state index is 0.598. The van der Waals surface area contributed by atoms with Crippen molar-refractivity contribution in [3.8, 4) is 17.2 Å². The molecule has 32 heavy (non-hydrogen) atoms. The summed E-state index contributed by atoms with van der Waals surface area (Å²) in [5, 5.41) is 3.47. The highest BCUT2D eigenvalue weighted by Gasteiger charge is 2.19. The molecular weight excluding hydrogens is 404 g/mol. The van der Waals surface area contributed by atoms with Crippen LogP contribution in [0, 0.1) is 0 Å². The predicted molar refractivity (Wildman–Crippen MR) is 130 cm³/mol. The van der Waals surface area contributed by atoms with Crippen molar-refractivity contribution in [3.63, 3.8) is 0 Å². The Labute approximate surface area is 191 Å². The standard InChI is InChI=1S/C25H34N4O3/c1-26-25(27-19-21-17-22(30-2)24(32-4)23(18-21)31-3)29-15-13-28(14-16-29)12-8-11-20-9-6-5-7-10-20/h5-11,17-18H,12-16,19H2,1-4H3,(H,26,27)/b11-8+. The number of ether oxygens (including phenoxy) is 3. The average Bonchev–Trinajstić information content (AvgIpc) is 2.85. The van der Waals surface area contributed by atoms with E-state index in [1.165, 1.54) is 5.56 Å². The Morgan fingerprint density at radius 2 is 1.62 bits per heavy atom. The second-order valence-electron chi connectivity index (χ2n) is 7.54. The predicted octanol–water partition coefficient (Wildman–Crippen LogP) is 3.12. The minimum Gasteiger partial charge on any atom is -0.493 e. The first-order valence-electron chi connectivity index (χ1n) is 10.9. The first-order chi connectivity index (χ1) is 15.7. The summed E-state index contributed by atoms with van der Waals surface area (Å²) in [5.41, 5.74) is 2.27. The van der Waals surface area contributed by atoms with Gasteiger partial charge >= 0.3 is 0 Å². The number of nitrogens with one attached hydrogen (secondary N) is 1. The second-order valence-corrected chi connectivity index (χ2v) is 7.54. The lowest BCUT2D eigenvalue weighted by atomic mass is 10.1. The quantitative estimate of drug-likeness (QED) is 0.505. The third-order valence-electron chi connectivity index (χ3n) is 5.53. The van der Waals surface area contributed by atoms with E-state index in [0.717, 1.165) is 44.2 Å². The van der Waals surface area contributed by atoms with Crippen LogP contribution in [-0.4, -0.2) is 76.9 Å². The van der Waals surface area contributed by atoms with Crippen molar-refractivity contribution in [1.29, 1.82) is 0 Å². The van der Waals surface area contributed by atoms with Gasteiger partial charge in [0.2, 0.25) is 5.75 Å². The van der Waals surface area contributed by atoms with E-state index in [0.29, 0.717) is 23.8 Å². The highest BCUT2D eigenvalue weighted by molar-refractivity contribution is 5.80. The van der Waals surface area contributed by atoms with E-state index < -0.39 is 0 Å². The van der Waals surface area contributed by atoms with Gasteiger partial charge in [-0.25, -0.2) is 0 Å². The van der Waals surface area contributed by atoms with E-state index in [9.17, 15) is 0 Å². The lowest BCUT2D eigenvalue weighted by Gasteiger charge is -2.36. The number of guanidine groups is 1. The molecule has 2 aromatic carbocycles. The molecule has 1 heterocycles. The number of nitrogens with zero attached hydrogens (tertiary/aromatic N) is 3. The summed E-state index contributed by atoms with van der Waals surface area (Å²) < 4.78 is 16.3. The number of rotatable bonds is 8. The molecule has 0 unspecified atom stereocenters. The largest absolute Gasteiger partial charge is 0.493 e. The van der Waals surface area contributed by atoms with Gasteiger partial charge in [0.15, 0.2) is 17.5 Å². The summed E-state index contributed by atoms with van der Waals surface area (Å²) in [6, 6.07) is 14.3. The zero-order chi connectivity index (χ0) is 22.8. The summed E-state index contributed by atoms with van der Waals surface area (Å²) in [5.74, 6) is 2.80. The fourth-order valence-corrected chi connectivity index (χ4v) is 3.80. The number of piperazine rings is 1. The van der Waals surface area contributed by atoms with Gasteiger partial charge in [0.05, 0.1) is 21.3 Å². The van der Waals surface area contributed by atoms with Crippen molar-refractivity contribution >= 4 is 12.0 Å². The van der Waals surface area contributed by atoms with Crippen LogP contribution in [0.4, 0.5) is 0 Å². The molecule has 0 radical (unpaired) electrons. The maximum absolute atomic E-state index is 5.46. The van der Waals surface area contributed by atoms with Crippen LogP contribution < -0.4 is 19.5 Å². The molecule has 172 valence electrons. The number of benzene rings is 2. The van der Waals surface area contributed by atoms with Gasteiger partial charge in [-0.2, -0.15) is 0 Å². The number of hydrogen-bond acceptors (Lipinski definition) is 5. The Bertz CT molecular complexity index is 882. The van der Waals surface area contributed by atoms with E-state index in [1.807, 2.05) is 25.2 Å². The molecule has 0 bridgehead atoms. The van der Waals surface area contributed by atoms with Gasteiger partial charge in [0.1, 0.15) is 0 Å². The number of hydrogen-bond donors (Lipinski definition) is 1. The summed E-state index contributed by atoms with van der Waals surface area (Å²) in [4.78, 5) is 9.25. The summed E-state index contributed by atoms with van der Waals surface area (Å²) in [6.07, 6.45) is 4.42. The van der Waals surface area contributed by atoms with Gasteiger partial charge in [-0.15, -0.1) is 0 Å². The second kappa shape index (κ2) is 12.0. The Hall–Kier alpha value is -3.19. The fourth-order valence-electron chi connectivity index (χ4n) is 3.80. The summed E-state index contributed by atoms with van der Waals surface area (Å²) >= 11 is 0. The van der Waals surface area contributed by atoms with E-state index in [-0.39, 0.29) is 0 Å². The molecule has 0 saturated carbocycles. The van der Waals surface area contributed by atoms with E-state index >= 15 is 0 Å². The molecule has 1 aliphatic rings. The van der Waals surface area contributed by atoms with Gasteiger partial charge < -0.3 is 24.4 Å². The van der Waals surface area contributed by atoms with Crippen LogP contribution in [-0.2, 0) is 6.54 Å². The van der Waals surface area contributed by atoms with E-state index in [1.54, 1.807) is 21.3 Å². The van der Waals surface area contributed by atoms with Gasteiger partial charge in [-0.3, -0.25) is 9.89 Å². The SMILES string of the molecule is CN=C(NCc1cc(OC)c(OC)c(OC)c1)N1CCN(C/C=C/c2ccccc2)CC1. The fraction of sp³-hybridized carbons (Fsp3) is 0.400. The molecule has 1 N–H and O–H groups in total. The molecule has 1 aliphatic heterocycles. The molecule has 0 spiro atoms. The van der Waals surface area contributed by atoms with E-state index in [4.69, 9.17) is 14.2 Å². The molecule has 7 heteroatoms. The van der Waals surface area contributed by atoms with Crippen LogP contribution in [0.1, 0.15) is 11.1 Å². The monoisotopic (exact) mass is 438 g/mol. The van der Waals surface area contributed by atoms with Crippen molar-refractivity contribution in [3.05, 3.63) is 59.7 Å². The molecule has 1 fully saturated rings. The van der Waals surface area contributed by atoms with Crippen molar-refractivity contribution in [2.24, 2.45) is 4.99 Å². The zero-order valence-electron chi connectivity index (χ0n) is 19.5. The molecule has 1 saturated heterocycles. The Balaban J connectivity index is 1.51. The van der Waals surface area contributed by atoms with Gasteiger partial charge in [0.25, 0.3) is 0 Å². The van der Waals surface area contributed by atoms with Crippen molar-refractivity contribution in [2.75, 3.05) is 61.1 Å². The zero-order valence-corrected chi connectivity index (χ0v) is 19.5. The average molecular weight is 439 g/mol. The van der Waals surface area contributed by atoms with Crippen LogP contribution >= 0.6 is 0 Å².